The van der Waals surface area contributed by atoms with E-state index in [1.807, 2.05) is 18.2 Å². The van der Waals surface area contributed by atoms with Crippen LogP contribution in [0.2, 0.25) is 0 Å². The zero-order valence-electron chi connectivity index (χ0n) is 11.0. The van der Waals surface area contributed by atoms with Gasteiger partial charge in [-0.25, -0.2) is 9.97 Å². The van der Waals surface area contributed by atoms with Crippen LogP contribution in [-0.4, -0.2) is 26.6 Å². The number of methoxy groups -OCH3 is 1. The van der Waals surface area contributed by atoms with Crippen LogP contribution in [0.4, 0.5) is 0 Å². The van der Waals surface area contributed by atoms with Crippen LogP contribution in [0.1, 0.15) is 11.4 Å². The van der Waals surface area contributed by atoms with Crippen LogP contribution < -0.4 is 4.74 Å². The van der Waals surface area contributed by atoms with Gasteiger partial charge in [-0.2, -0.15) is 0 Å². The fraction of sp³-hybridized carbons (Fsp3) is 0.214. The van der Waals surface area contributed by atoms with Gasteiger partial charge in [0.1, 0.15) is 11.3 Å². The van der Waals surface area contributed by atoms with Gasteiger partial charge in [-0.1, -0.05) is 0 Å². The molecule has 3 aromatic heterocycles. The van der Waals surface area contributed by atoms with Gasteiger partial charge < -0.3 is 9.30 Å². The van der Waals surface area contributed by atoms with Crippen molar-refractivity contribution in [3.05, 3.63) is 48.2 Å². The van der Waals surface area contributed by atoms with Crippen molar-refractivity contribution in [3.8, 4) is 5.88 Å². The van der Waals surface area contributed by atoms with Gasteiger partial charge in [0.05, 0.1) is 24.7 Å². The summed E-state index contributed by atoms with van der Waals surface area (Å²) in [6.45, 7) is 0.668. The second-order valence-electron chi connectivity index (χ2n) is 4.32. The van der Waals surface area contributed by atoms with Gasteiger partial charge >= 0.3 is 0 Å². The summed E-state index contributed by atoms with van der Waals surface area (Å²) < 4.78 is 7.23. The van der Waals surface area contributed by atoms with Gasteiger partial charge in [0.25, 0.3) is 0 Å². The molecular weight excluding hydrogens is 276 g/mol. The summed E-state index contributed by atoms with van der Waals surface area (Å²) in [5.74, 6) is 1.78. The lowest BCUT2D eigenvalue weighted by molar-refractivity contribution is 0.397. The second-order valence-corrected chi connectivity index (χ2v) is 4.59. The van der Waals surface area contributed by atoms with Crippen LogP contribution in [-0.2, 0) is 12.4 Å². The van der Waals surface area contributed by atoms with Crippen molar-refractivity contribution in [2.75, 3.05) is 7.11 Å². The first-order valence-corrected chi connectivity index (χ1v) is 6.69. The standard InChI is InChI=1S/C14H13ClN4O/c1-20-14-6-10(2-5-17-14)9-19-12-3-4-16-8-11(12)18-13(19)7-15/h2-6,8H,7,9H2,1H3. The normalized spacial score (nSPS) is 10.9. The highest BCUT2D eigenvalue weighted by Gasteiger charge is 2.10. The van der Waals surface area contributed by atoms with Gasteiger partial charge in [-0.3, -0.25) is 4.98 Å². The van der Waals surface area contributed by atoms with Crippen LogP contribution in [0.5, 0.6) is 5.88 Å². The molecule has 0 amide bonds. The molecule has 0 aliphatic carbocycles. The summed E-state index contributed by atoms with van der Waals surface area (Å²) in [4.78, 5) is 12.7. The predicted octanol–water partition coefficient (Wildman–Crippen LogP) is 2.62. The Bertz CT molecular complexity index is 741. The third kappa shape index (κ3) is 2.32. The molecule has 0 atom stereocenters. The molecule has 102 valence electrons. The summed E-state index contributed by atoms with van der Waals surface area (Å²) in [5, 5.41) is 0. The molecule has 3 aromatic rings. The van der Waals surface area contributed by atoms with Crippen LogP contribution in [0, 0.1) is 0 Å². The van der Waals surface area contributed by atoms with Gasteiger partial charge in [0, 0.05) is 25.0 Å². The van der Waals surface area contributed by atoms with Crippen LogP contribution in [0.15, 0.2) is 36.8 Å². The zero-order valence-corrected chi connectivity index (χ0v) is 11.7. The average molecular weight is 289 g/mol. The molecule has 0 spiro atoms. The van der Waals surface area contributed by atoms with E-state index in [4.69, 9.17) is 16.3 Å². The summed E-state index contributed by atoms with van der Waals surface area (Å²) in [7, 11) is 1.61. The van der Waals surface area contributed by atoms with E-state index in [2.05, 4.69) is 19.5 Å². The van der Waals surface area contributed by atoms with Crippen molar-refractivity contribution in [2.24, 2.45) is 0 Å². The van der Waals surface area contributed by atoms with Crippen LogP contribution in [0.3, 0.4) is 0 Å². The minimum Gasteiger partial charge on any atom is -0.481 e. The van der Waals surface area contributed by atoms with Crippen molar-refractivity contribution in [1.82, 2.24) is 19.5 Å². The average Bonchev–Trinajstić information content (AvgIpc) is 2.85. The zero-order chi connectivity index (χ0) is 13.9. The topological polar surface area (TPSA) is 52.8 Å². The number of rotatable bonds is 4. The Labute approximate surface area is 121 Å². The molecule has 0 saturated carbocycles. The molecule has 0 N–H and O–H groups in total. The number of hydrogen-bond donors (Lipinski definition) is 0. The van der Waals surface area contributed by atoms with E-state index in [1.165, 1.54) is 0 Å². The molecule has 3 rings (SSSR count). The second kappa shape index (κ2) is 5.46. The van der Waals surface area contributed by atoms with Crippen molar-refractivity contribution < 1.29 is 4.74 Å². The maximum Gasteiger partial charge on any atom is 0.213 e. The SMILES string of the molecule is COc1cc(Cn2c(CCl)nc3cnccc32)ccn1. The molecule has 5 nitrogen and oxygen atoms in total. The van der Waals surface area contributed by atoms with Gasteiger partial charge in [0.2, 0.25) is 5.88 Å². The van der Waals surface area contributed by atoms with Crippen molar-refractivity contribution in [2.45, 2.75) is 12.4 Å². The van der Waals surface area contributed by atoms with E-state index in [0.29, 0.717) is 18.3 Å². The summed E-state index contributed by atoms with van der Waals surface area (Å²) >= 11 is 5.99. The van der Waals surface area contributed by atoms with E-state index in [9.17, 15) is 0 Å². The van der Waals surface area contributed by atoms with Crippen LogP contribution in [0.25, 0.3) is 11.0 Å². The van der Waals surface area contributed by atoms with Gasteiger partial charge in [-0.05, 0) is 17.7 Å². The Morgan fingerprint density at radius 3 is 3.00 bits per heavy atom. The minimum atomic E-state index is 0.358. The molecule has 6 heteroatoms. The molecule has 0 fully saturated rings. The fourth-order valence-electron chi connectivity index (χ4n) is 2.15. The number of aromatic nitrogens is 4. The summed E-state index contributed by atoms with van der Waals surface area (Å²) in [6.07, 6.45) is 5.23. The Morgan fingerprint density at radius 1 is 1.30 bits per heavy atom. The molecule has 0 aromatic carbocycles. The fourth-order valence-corrected chi connectivity index (χ4v) is 2.36. The molecule has 0 unspecified atom stereocenters. The largest absolute Gasteiger partial charge is 0.481 e. The highest BCUT2D eigenvalue weighted by atomic mass is 35.5. The molecule has 0 saturated heterocycles. The van der Waals surface area contributed by atoms with Crippen molar-refractivity contribution in [1.29, 1.82) is 0 Å². The summed E-state index contributed by atoms with van der Waals surface area (Å²) in [5.41, 5.74) is 2.95. The van der Waals surface area contributed by atoms with E-state index < -0.39 is 0 Å². The molecule has 3 heterocycles. The first-order valence-electron chi connectivity index (χ1n) is 6.16. The molecule has 0 radical (unpaired) electrons. The maximum atomic E-state index is 5.99. The smallest absolute Gasteiger partial charge is 0.213 e. The van der Waals surface area contributed by atoms with Crippen LogP contribution >= 0.6 is 11.6 Å². The van der Waals surface area contributed by atoms with E-state index in [-0.39, 0.29) is 0 Å². The number of alkyl halides is 1. The third-order valence-corrected chi connectivity index (χ3v) is 3.34. The number of fused-ring (bicyclic) bond motifs is 1. The lowest BCUT2D eigenvalue weighted by atomic mass is 10.2. The lowest BCUT2D eigenvalue weighted by Crippen LogP contribution is -2.04. The predicted molar refractivity (Wildman–Crippen MR) is 77.0 cm³/mol. The molecule has 0 aliphatic rings. The van der Waals surface area contributed by atoms with Gasteiger partial charge in [0.15, 0.2) is 0 Å². The number of hydrogen-bond acceptors (Lipinski definition) is 4. The highest BCUT2D eigenvalue weighted by molar-refractivity contribution is 6.16. The number of nitrogens with zero attached hydrogens (tertiary/aromatic N) is 4. The Balaban J connectivity index is 2.04. The number of ether oxygens (including phenoxy) is 1. The quantitative estimate of drug-likeness (QED) is 0.693. The van der Waals surface area contributed by atoms with E-state index in [1.54, 1.807) is 25.7 Å². The molecule has 0 bridgehead atoms. The lowest BCUT2D eigenvalue weighted by Gasteiger charge is -2.08. The minimum absolute atomic E-state index is 0.358. The van der Waals surface area contributed by atoms with Gasteiger partial charge in [-0.15, -0.1) is 11.6 Å². The number of pyridine rings is 2. The van der Waals surface area contributed by atoms with E-state index in [0.717, 1.165) is 22.4 Å². The first-order chi connectivity index (χ1) is 9.81. The Kier molecular flexibility index (Phi) is 3.52. The number of imidazole rings is 1. The Morgan fingerprint density at radius 2 is 2.20 bits per heavy atom. The monoisotopic (exact) mass is 288 g/mol. The third-order valence-electron chi connectivity index (χ3n) is 3.10. The van der Waals surface area contributed by atoms with Crippen molar-refractivity contribution in [3.63, 3.8) is 0 Å². The molecular formula is C14H13ClN4O. The number of halogens is 1. The molecule has 0 aliphatic heterocycles. The molecule has 20 heavy (non-hydrogen) atoms. The first kappa shape index (κ1) is 12.9. The Hall–Kier alpha value is -2.14. The van der Waals surface area contributed by atoms with E-state index >= 15 is 0 Å². The maximum absolute atomic E-state index is 5.99. The highest BCUT2D eigenvalue weighted by Crippen LogP contribution is 2.19. The van der Waals surface area contributed by atoms with Crippen molar-refractivity contribution >= 4 is 22.6 Å². The summed E-state index contributed by atoms with van der Waals surface area (Å²) in [6, 6.07) is 5.80.